The molecule has 1 atom stereocenters. The van der Waals surface area contributed by atoms with Crippen LogP contribution in [0.1, 0.15) is 6.92 Å². The summed E-state index contributed by atoms with van der Waals surface area (Å²) in [6.07, 6.45) is 0. The van der Waals surface area contributed by atoms with Gasteiger partial charge in [-0.25, -0.2) is 12.8 Å². The van der Waals surface area contributed by atoms with E-state index in [0.717, 1.165) is 6.07 Å². The molecule has 1 rings (SSSR count). The molecular weight excluding hydrogens is 331 g/mol. The van der Waals surface area contributed by atoms with Gasteiger partial charge in [0.1, 0.15) is 11.1 Å². The van der Waals surface area contributed by atoms with Crippen LogP contribution in [0.25, 0.3) is 0 Å². The molecule has 0 bridgehead atoms. The van der Waals surface area contributed by atoms with Crippen LogP contribution >= 0.6 is 28.1 Å². The lowest BCUT2D eigenvalue weighted by molar-refractivity contribution is 0.596. The lowest BCUT2D eigenvalue weighted by Crippen LogP contribution is -2.35. The second kappa shape index (κ2) is 5.28. The highest BCUT2D eigenvalue weighted by atomic mass is 79.9. The van der Waals surface area contributed by atoms with Crippen LogP contribution in [0.4, 0.5) is 10.1 Å². The standard InChI is InChI=1S/C9H10BrFN2O2S2/c1-5(9(12)16)17(14,15)13-8-3-2-6(10)4-7(8)11/h2-5,13H,1H3,(H2,12,16). The lowest BCUT2D eigenvalue weighted by atomic mass is 10.3. The normalized spacial score (nSPS) is 13.1. The minimum atomic E-state index is -3.82. The first-order valence-electron chi connectivity index (χ1n) is 4.50. The number of halogens is 2. The smallest absolute Gasteiger partial charge is 0.241 e. The molecule has 0 radical (unpaired) electrons. The molecule has 0 saturated heterocycles. The number of nitrogens with two attached hydrogens (primary N) is 1. The molecule has 0 saturated carbocycles. The van der Waals surface area contributed by atoms with Crippen LogP contribution in [0.5, 0.6) is 0 Å². The largest absolute Gasteiger partial charge is 0.392 e. The maximum Gasteiger partial charge on any atom is 0.241 e. The van der Waals surface area contributed by atoms with Gasteiger partial charge in [0.15, 0.2) is 0 Å². The molecule has 0 spiro atoms. The second-order valence-electron chi connectivity index (χ2n) is 3.32. The lowest BCUT2D eigenvalue weighted by Gasteiger charge is -2.13. The van der Waals surface area contributed by atoms with E-state index in [1.54, 1.807) is 0 Å². The molecule has 8 heteroatoms. The van der Waals surface area contributed by atoms with Gasteiger partial charge in [0, 0.05) is 4.47 Å². The van der Waals surface area contributed by atoms with Gasteiger partial charge in [-0.1, -0.05) is 28.1 Å². The molecule has 0 fully saturated rings. The molecule has 0 aliphatic rings. The first-order valence-corrected chi connectivity index (χ1v) is 7.25. The Labute approximate surface area is 113 Å². The average molecular weight is 341 g/mol. The summed E-state index contributed by atoms with van der Waals surface area (Å²) in [6, 6.07) is 3.99. The van der Waals surface area contributed by atoms with Gasteiger partial charge in [-0.15, -0.1) is 0 Å². The number of anilines is 1. The highest BCUT2D eigenvalue weighted by Gasteiger charge is 2.24. The number of rotatable bonds is 4. The highest BCUT2D eigenvalue weighted by Crippen LogP contribution is 2.21. The molecule has 0 heterocycles. The average Bonchev–Trinajstić information content (AvgIpc) is 2.21. The minimum absolute atomic E-state index is 0.142. The van der Waals surface area contributed by atoms with E-state index < -0.39 is 21.1 Å². The van der Waals surface area contributed by atoms with Crippen molar-refractivity contribution in [3.05, 3.63) is 28.5 Å². The zero-order chi connectivity index (χ0) is 13.2. The second-order valence-corrected chi connectivity index (χ2v) is 6.70. The molecule has 3 N–H and O–H groups in total. The quantitative estimate of drug-likeness (QED) is 0.822. The van der Waals surface area contributed by atoms with Gasteiger partial charge < -0.3 is 5.73 Å². The zero-order valence-corrected chi connectivity index (χ0v) is 12.0. The van der Waals surface area contributed by atoms with Gasteiger partial charge in [0.25, 0.3) is 0 Å². The summed E-state index contributed by atoms with van der Waals surface area (Å²) in [4.78, 5) is -0.171. The maximum atomic E-state index is 13.4. The maximum absolute atomic E-state index is 13.4. The number of benzene rings is 1. The summed E-state index contributed by atoms with van der Waals surface area (Å²) in [5.41, 5.74) is 5.11. The molecule has 1 aromatic rings. The number of sulfonamides is 1. The molecular formula is C9H10BrFN2O2S2. The number of thiocarbonyl (C=S) groups is 1. The summed E-state index contributed by atoms with van der Waals surface area (Å²) in [6.45, 7) is 1.33. The molecule has 1 aromatic carbocycles. The minimum Gasteiger partial charge on any atom is -0.392 e. The molecule has 94 valence electrons. The van der Waals surface area contributed by atoms with Crippen molar-refractivity contribution in [2.45, 2.75) is 12.2 Å². The van der Waals surface area contributed by atoms with Crippen molar-refractivity contribution in [1.29, 1.82) is 0 Å². The van der Waals surface area contributed by atoms with Crippen molar-refractivity contribution >= 4 is 48.8 Å². The number of hydrogen-bond acceptors (Lipinski definition) is 3. The van der Waals surface area contributed by atoms with Crippen LogP contribution in [-0.4, -0.2) is 18.7 Å². The Bertz CT molecular complexity index is 548. The molecule has 0 aliphatic carbocycles. The van der Waals surface area contributed by atoms with Crippen molar-refractivity contribution in [1.82, 2.24) is 0 Å². The van der Waals surface area contributed by atoms with E-state index in [9.17, 15) is 12.8 Å². The summed E-state index contributed by atoms with van der Waals surface area (Å²) < 4.78 is 39.5. The van der Waals surface area contributed by atoms with Crippen LogP contribution in [0, 0.1) is 5.82 Å². The fourth-order valence-electron chi connectivity index (χ4n) is 0.967. The first-order chi connectivity index (χ1) is 7.74. The number of nitrogens with one attached hydrogen (secondary N) is 1. The Balaban J connectivity index is 3.02. The molecule has 0 aromatic heterocycles. The van der Waals surface area contributed by atoms with Crippen LogP contribution in [0.2, 0.25) is 0 Å². The SMILES string of the molecule is CC(C(N)=S)S(=O)(=O)Nc1ccc(Br)cc1F. The van der Waals surface area contributed by atoms with Crippen LogP contribution in [0.15, 0.2) is 22.7 Å². The third-order valence-electron chi connectivity index (χ3n) is 2.05. The Morgan fingerprint density at radius 3 is 2.65 bits per heavy atom. The van der Waals surface area contributed by atoms with Crippen molar-refractivity contribution in [3.63, 3.8) is 0 Å². The first kappa shape index (κ1) is 14.3. The van der Waals surface area contributed by atoms with Gasteiger partial charge in [0.05, 0.1) is 10.7 Å². The Morgan fingerprint density at radius 1 is 1.59 bits per heavy atom. The van der Waals surface area contributed by atoms with Gasteiger partial charge in [0.2, 0.25) is 10.0 Å². The monoisotopic (exact) mass is 340 g/mol. The van der Waals surface area contributed by atoms with Crippen molar-refractivity contribution in [2.24, 2.45) is 5.73 Å². The van der Waals surface area contributed by atoms with Crippen molar-refractivity contribution in [3.8, 4) is 0 Å². The van der Waals surface area contributed by atoms with E-state index in [1.807, 2.05) is 0 Å². The summed E-state index contributed by atoms with van der Waals surface area (Å²) >= 11 is 7.66. The fraction of sp³-hybridized carbons (Fsp3) is 0.222. The third-order valence-corrected chi connectivity index (χ3v) is 4.73. The Hall–Kier alpha value is -0.730. The third kappa shape index (κ3) is 3.62. The topological polar surface area (TPSA) is 72.2 Å². The zero-order valence-electron chi connectivity index (χ0n) is 8.78. The predicted molar refractivity (Wildman–Crippen MR) is 72.9 cm³/mol. The Morgan fingerprint density at radius 2 is 2.18 bits per heavy atom. The molecule has 4 nitrogen and oxygen atoms in total. The van der Waals surface area contributed by atoms with Gasteiger partial charge >= 0.3 is 0 Å². The van der Waals surface area contributed by atoms with Crippen LogP contribution in [0.3, 0.4) is 0 Å². The summed E-state index contributed by atoms with van der Waals surface area (Å²) in [5.74, 6) is -0.682. The van der Waals surface area contributed by atoms with E-state index >= 15 is 0 Å². The van der Waals surface area contributed by atoms with Gasteiger partial charge in [-0.05, 0) is 25.1 Å². The van der Waals surface area contributed by atoms with E-state index in [4.69, 9.17) is 5.73 Å². The van der Waals surface area contributed by atoms with E-state index in [2.05, 4.69) is 32.9 Å². The Kier molecular flexibility index (Phi) is 4.45. The van der Waals surface area contributed by atoms with Crippen molar-refractivity contribution in [2.75, 3.05) is 4.72 Å². The van der Waals surface area contributed by atoms with E-state index in [-0.39, 0.29) is 10.7 Å². The van der Waals surface area contributed by atoms with Crippen molar-refractivity contribution < 1.29 is 12.8 Å². The summed E-state index contributed by atoms with van der Waals surface area (Å²) in [7, 11) is -3.82. The van der Waals surface area contributed by atoms with E-state index in [1.165, 1.54) is 19.1 Å². The number of hydrogen-bond donors (Lipinski definition) is 2. The van der Waals surface area contributed by atoms with Crippen LogP contribution < -0.4 is 10.5 Å². The molecule has 0 aliphatic heterocycles. The van der Waals surface area contributed by atoms with Gasteiger partial charge in [-0.3, -0.25) is 4.72 Å². The summed E-state index contributed by atoms with van der Waals surface area (Å²) in [5, 5.41) is -1.07. The van der Waals surface area contributed by atoms with E-state index in [0.29, 0.717) is 4.47 Å². The van der Waals surface area contributed by atoms with Crippen LogP contribution in [-0.2, 0) is 10.0 Å². The molecule has 17 heavy (non-hydrogen) atoms. The predicted octanol–water partition coefficient (Wildman–Crippen LogP) is 2.00. The van der Waals surface area contributed by atoms with Gasteiger partial charge in [-0.2, -0.15) is 0 Å². The fourth-order valence-corrected chi connectivity index (χ4v) is 2.63. The molecule has 0 amide bonds. The highest BCUT2D eigenvalue weighted by molar-refractivity contribution is 9.10. The molecule has 1 unspecified atom stereocenters.